The summed E-state index contributed by atoms with van der Waals surface area (Å²) >= 11 is 0. The van der Waals surface area contributed by atoms with E-state index >= 15 is 0 Å². The topological polar surface area (TPSA) is 49.8 Å². The van der Waals surface area contributed by atoms with Gasteiger partial charge in [-0.15, -0.1) is 0 Å². The number of H-pyrrole nitrogens is 1. The molecule has 1 aromatic carbocycles. The molecule has 0 radical (unpaired) electrons. The minimum atomic E-state index is -0.120. The normalized spacial score (nSPS) is 11.5. The first-order valence-electron chi connectivity index (χ1n) is 6.06. The Balaban J connectivity index is 2.11. The summed E-state index contributed by atoms with van der Waals surface area (Å²) in [5, 5.41) is 3.38. The lowest BCUT2D eigenvalue weighted by Crippen LogP contribution is -2.19. The van der Waals surface area contributed by atoms with Crippen LogP contribution < -0.4 is 11.0 Å². The van der Waals surface area contributed by atoms with E-state index in [9.17, 15) is 4.79 Å². The predicted molar refractivity (Wildman–Crippen MR) is 74.3 cm³/mol. The first-order chi connectivity index (χ1) is 8.46. The standard InChI is InChI=1S/C14H19N3O/c1-14(2,3)10-16-11-4-6-12(7-5-11)17-9-8-15-13(17)18/h4-9,16H,10H2,1-3H3,(H,15,18). The molecule has 0 aliphatic heterocycles. The Kier molecular flexibility index (Phi) is 3.28. The molecule has 4 heteroatoms. The summed E-state index contributed by atoms with van der Waals surface area (Å²) in [7, 11) is 0. The summed E-state index contributed by atoms with van der Waals surface area (Å²) in [5.41, 5.74) is 2.06. The summed E-state index contributed by atoms with van der Waals surface area (Å²) in [6, 6.07) is 7.83. The molecule has 2 N–H and O–H groups in total. The maximum Gasteiger partial charge on any atom is 0.330 e. The maximum atomic E-state index is 11.5. The minimum Gasteiger partial charge on any atom is -0.385 e. The second kappa shape index (κ2) is 4.72. The molecule has 0 bridgehead atoms. The number of hydrogen-bond acceptors (Lipinski definition) is 2. The van der Waals surface area contributed by atoms with Crippen LogP contribution in [0, 0.1) is 5.41 Å². The summed E-state index contributed by atoms with van der Waals surface area (Å²) in [6.07, 6.45) is 3.36. The highest BCUT2D eigenvalue weighted by atomic mass is 16.1. The number of hydrogen-bond donors (Lipinski definition) is 2. The van der Waals surface area contributed by atoms with Crippen molar-refractivity contribution >= 4 is 5.69 Å². The number of benzene rings is 1. The molecule has 2 aromatic rings. The van der Waals surface area contributed by atoms with Crippen molar-refractivity contribution < 1.29 is 0 Å². The van der Waals surface area contributed by atoms with E-state index in [1.54, 1.807) is 17.0 Å². The molecule has 0 amide bonds. The van der Waals surface area contributed by atoms with Gasteiger partial charge in [0.05, 0.1) is 5.69 Å². The average molecular weight is 245 g/mol. The molecule has 18 heavy (non-hydrogen) atoms. The average Bonchev–Trinajstić information content (AvgIpc) is 2.73. The third-order valence-corrected chi connectivity index (χ3v) is 2.62. The van der Waals surface area contributed by atoms with Gasteiger partial charge in [0.15, 0.2) is 0 Å². The first kappa shape index (κ1) is 12.5. The molecule has 0 saturated carbocycles. The Morgan fingerprint density at radius 2 is 1.89 bits per heavy atom. The highest BCUT2D eigenvalue weighted by molar-refractivity contribution is 5.48. The Hall–Kier alpha value is -1.97. The number of aromatic amines is 1. The molecule has 0 aliphatic rings. The van der Waals surface area contributed by atoms with Crippen molar-refractivity contribution in [3.63, 3.8) is 0 Å². The summed E-state index contributed by atoms with van der Waals surface area (Å²) in [4.78, 5) is 14.1. The van der Waals surface area contributed by atoms with Crippen LogP contribution in [0.3, 0.4) is 0 Å². The third kappa shape index (κ3) is 3.03. The van der Waals surface area contributed by atoms with Gasteiger partial charge in [0.1, 0.15) is 0 Å². The van der Waals surface area contributed by atoms with Crippen LogP contribution in [0.2, 0.25) is 0 Å². The van der Waals surface area contributed by atoms with Crippen LogP contribution in [0.15, 0.2) is 41.5 Å². The van der Waals surface area contributed by atoms with E-state index < -0.39 is 0 Å². The lowest BCUT2D eigenvalue weighted by Gasteiger charge is -2.19. The molecule has 0 aliphatic carbocycles. The predicted octanol–water partition coefficient (Wildman–Crippen LogP) is 2.62. The summed E-state index contributed by atoms with van der Waals surface area (Å²) < 4.78 is 1.58. The Morgan fingerprint density at radius 1 is 1.22 bits per heavy atom. The van der Waals surface area contributed by atoms with Crippen LogP contribution in [-0.2, 0) is 0 Å². The van der Waals surface area contributed by atoms with Crippen LogP contribution >= 0.6 is 0 Å². The number of rotatable bonds is 3. The molecule has 0 fully saturated rings. The third-order valence-electron chi connectivity index (χ3n) is 2.62. The molecule has 0 unspecified atom stereocenters. The highest BCUT2D eigenvalue weighted by Gasteiger charge is 2.09. The molecular weight excluding hydrogens is 226 g/mol. The molecule has 2 rings (SSSR count). The van der Waals surface area contributed by atoms with Gasteiger partial charge in [-0.3, -0.25) is 4.57 Å². The van der Waals surface area contributed by atoms with E-state index in [2.05, 4.69) is 31.1 Å². The number of imidazole rings is 1. The van der Waals surface area contributed by atoms with E-state index in [-0.39, 0.29) is 11.1 Å². The van der Waals surface area contributed by atoms with Gasteiger partial charge in [-0.1, -0.05) is 20.8 Å². The van der Waals surface area contributed by atoms with Crippen molar-refractivity contribution in [3.8, 4) is 5.69 Å². The van der Waals surface area contributed by atoms with Crippen LogP contribution in [0.1, 0.15) is 20.8 Å². The SMILES string of the molecule is CC(C)(C)CNc1ccc(-n2cc[nH]c2=O)cc1. The van der Waals surface area contributed by atoms with Gasteiger partial charge >= 0.3 is 5.69 Å². The number of nitrogens with one attached hydrogen (secondary N) is 2. The largest absolute Gasteiger partial charge is 0.385 e. The van der Waals surface area contributed by atoms with Crippen molar-refractivity contribution in [2.24, 2.45) is 5.41 Å². The van der Waals surface area contributed by atoms with Crippen molar-refractivity contribution in [2.75, 3.05) is 11.9 Å². The number of aromatic nitrogens is 2. The van der Waals surface area contributed by atoms with E-state index in [4.69, 9.17) is 0 Å². The van der Waals surface area contributed by atoms with Gasteiger partial charge in [-0.05, 0) is 29.7 Å². The Labute approximate surface area is 107 Å². The first-order valence-corrected chi connectivity index (χ1v) is 6.06. The lowest BCUT2D eigenvalue weighted by molar-refractivity contribution is 0.443. The van der Waals surface area contributed by atoms with Crippen molar-refractivity contribution in [1.82, 2.24) is 9.55 Å². The second-order valence-electron chi connectivity index (χ2n) is 5.60. The minimum absolute atomic E-state index is 0.120. The van der Waals surface area contributed by atoms with Gasteiger partial charge < -0.3 is 10.3 Å². The fourth-order valence-electron chi connectivity index (χ4n) is 1.63. The van der Waals surface area contributed by atoms with Gasteiger partial charge in [-0.2, -0.15) is 0 Å². The molecule has 96 valence electrons. The maximum absolute atomic E-state index is 11.5. The highest BCUT2D eigenvalue weighted by Crippen LogP contribution is 2.16. The quantitative estimate of drug-likeness (QED) is 0.873. The molecule has 0 spiro atoms. The fraction of sp³-hybridized carbons (Fsp3) is 0.357. The smallest absolute Gasteiger partial charge is 0.330 e. The molecule has 0 atom stereocenters. The van der Waals surface area contributed by atoms with Crippen molar-refractivity contribution in [2.45, 2.75) is 20.8 Å². The molecule has 1 heterocycles. The van der Waals surface area contributed by atoms with Gasteiger partial charge in [0, 0.05) is 24.6 Å². The lowest BCUT2D eigenvalue weighted by atomic mass is 9.97. The van der Waals surface area contributed by atoms with Gasteiger partial charge in [-0.25, -0.2) is 4.79 Å². The monoisotopic (exact) mass is 245 g/mol. The molecule has 1 aromatic heterocycles. The van der Waals surface area contributed by atoms with Crippen molar-refractivity contribution in [3.05, 3.63) is 47.1 Å². The van der Waals surface area contributed by atoms with Crippen LogP contribution in [0.25, 0.3) is 5.69 Å². The van der Waals surface area contributed by atoms with Crippen LogP contribution in [-0.4, -0.2) is 16.1 Å². The molecule has 4 nitrogen and oxygen atoms in total. The zero-order chi connectivity index (χ0) is 13.2. The van der Waals surface area contributed by atoms with E-state index in [0.717, 1.165) is 17.9 Å². The zero-order valence-corrected chi connectivity index (χ0v) is 11.0. The zero-order valence-electron chi connectivity index (χ0n) is 11.0. The molecule has 0 saturated heterocycles. The Bertz CT molecular complexity index is 558. The van der Waals surface area contributed by atoms with Crippen LogP contribution in [0.4, 0.5) is 5.69 Å². The fourth-order valence-corrected chi connectivity index (χ4v) is 1.63. The van der Waals surface area contributed by atoms with E-state index in [1.807, 2.05) is 24.3 Å². The van der Waals surface area contributed by atoms with Gasteiger partial charge in [0.25, 0.3) is 0 Å². The summed E-state index contributed by atoms with van der Waals surface area (Å²) in [5.74, 6) is 0. The Morgan fingerprint density at radius 3 is 2.39 bits per heavy atom. The molecular formula is C14H19N3O. The van der Waals surface area contributed by atoms with E-state index in [0.29, 0.717) is 0 Å². The van der Waals surface area contributed by atoms with Crippen LogP contribution in [0.5, 0.6) is 0 Å². The second-order valence-corrected chi connectivity index (χ2v) is 5.60. The number of nitrogens with zero attached hydrogens (tertiary/aromatic N) is 1. The van der Waals surface area contributed by atoms with Gasteiger partial charge in [0.2, 0.25) is 0 Å². The summed E-state index contributed by atoms with van der Waals surface area (Å²) in [6.45, 7) is 7.48. The van der Waals surface area contributed by atoms with E-state index in [1.165, 1.54) is 0 Å². The van der Waals surface area contributed by atoms with Crippen molar-refractivity contribution in [1.29, 1.82) is 0 Å². The number of anilines is 1.